The van der Waals surface area contributed by atoms with E-state index in [2.05, 4.69) is 66.0 Å². The second-order valence-electron chi connectivity index (χ2n) is 30.7. The normalized spacial score (nSPS) is 39.3. The number of carbonyl (C=O) groups is 9. The van der Waals surface area contributed by atoms with Crippen molar-refractivity contribution in [2.45, 2.75) is 194 Å². The molecular weight excluding hydrogens is 1290 g/mol. The predicted molar refractivity (Wildman–Crippen MR) is 348 cm³/mol. The fourth-order valence-electron chi connectivity index (χ4n) is 20.5. The van der Waals surface area contributed by atoms with Gasteiger partial charge in [0.1, 0.15) is 33.8 Å². The highest BCUT2D eigenvalue weighted by molar-refractivity contribution is 7.35. The minimum absolute atomic E-state index is 0.0241. The highest BCUT2D eigenvalue weighted by Crippen LogP contribution is 2.86. The molecule has 18 atom stereocenters. The van der Waals surface area contributed by atoms with Crippen LogP contribution in [0.15, 0.2) is 72.4 Å². The van der Waals surface area contributed by atoms with Crippen molar-refractivity contribution in [2.24, 2.45) is 85.8 Å². The van der Waals surface area contributed by atoms with Crippen molar-refractivity contribution < 1.29 is 110 Å². The van der Waals surface area contributed by atoms with Crippen LogP contribution in [0, 0.1) is 85.8 Å². The Morgan fingerprint density at radius 1 is 0.602 bits per heavy atom. The zero-order valence-corrected chi connectivity index (χ0v) is 60.6. The van der Waals surface area contributed by atoms with Gasteiger partial charge in [0.25, 0.3) is 0 Å². The first-order chi connectivity index (χ1) is 45.4. The quantitative estimate of drug-likeness (QED) is 0.0780. The number of ether oxygens (including phenoxy) is 7. The first kappa shape index (κ1) is 79.7. The lowest BCUT2D eigenvalue weighted by Gasteiger charge is -2.49. The third-order valence-electron chi connectivity index (χ3n) is 25.5. The number of methoxy groups -OCH3 is 3. The van der Waals surface area contributed by atoms with Crippen LogP contribution in [0.1, 0.15) is 160 Å². The molecule has 1 aliphatic heterocycles. The molecule has 1 N–H and O–H groups in total. The summed E-state index contributed by atoms with van der Waals surface area (Å²) in [5.74, 6) is -5.34. The second kappa shape index (κ2) is 28.1. The molecule has 11 aliphatic carbocycles. The molecule has 4 spiro atoms. The molecule has 9 fully saturated rings. The maximum atomic E-state index is 13.3. The summed E-state index contributed by atoms with van der Waals surface area (Å²) in [7, 11) is 5.20. The number of hydrogen-bond acceptors (Lipinski definition) is 23. The van der Waals surface area contributed by atoms with Crippen LogP contribution < -0.4 is 0 Å². The van der Waals surface area contributed by atoms with Gasteiger partial charge in [-0.25, -0.2) is 0 Å². The summed E-state index contributed by atoms with van der Waals surface area (Å²) in [5, 5.41) is 12.1. The third-order valence-corrected chi connectivity index (χ3v) is 25.5. The Morgan fingerprint density at radius 2 is 1.05 bits per heavy atom. The van der Waals surface area contributed by atoms with E-state index < -0.39 is 90.7 Å². The van der Waals surface area contributed by atoms with E-state index in [1.54, 1.807) is 6.08 Å². The minimum atomic E-state index is -1.33. The van der Waals surface area contributed by atoms with Gasteiger partial charge in [-0.2, -0.15) is 28.8 Å². The molecule has 98 heavy (non-hydrogen) atoms. The van der Waals surface area contributed by atoms with Gasteiger partial charge in [-0.1, -0.05) is 100 Å². The number of ketones is 3. The van der Waals surface area contributed by atoms with Crippen LogP contribution in [-0.4, -0.2) is 145 Å². The van der Waals surface area contributed by atoms with Crippen molar-refractivity contribution in [3.05, 3.63) is 72.4 Å². The zero-order valence-electron chi connectivity index (χ0n) is 59.6. The van der Waals surface area contributed by atoms with Crippen LogP contribution >= 0.6 is 8.58 Å². The van der Waals surface area contributed by atoms with E-state index in [0.29, 0.717) is 68.4 Å². The van der Waals surface area contributed by atoms with Gasteiger partial charge < -0.3 is 38.3 Å². The van der Waals surface area contributed by atoms with Gasteiger partial charge >= 0.3 is 54.3 Å². The van der Waals surface area contributed by atoms with Crippen LogP contribution in [0.5, 0.6) is 0 Å². The largest absolute Gasteiger partial charge is 0.469 e. The van der Waals surface area contributed by atoms with Crippen LogP contribution in [0.25, 0.3) is 0 Å². The molecule has 0 aromatic rings. The van der Waals surface area contributed by atoms with Gasteiger partial charge in [0.15, 0.2) is 11.6 Å². The van der Waals surface area contributed by atoms with Crippen LogP contribution in [-0.2, 0) is 105 Å². The van der Waals surface area contributed by atoms with Crippen molar-refractivity contribution in [2.75, 3.05) is 34.7 Å². The molecule has 0 radical (unpaired) electrons. The Morgan fingerprint density at radius 3 is 1.54 bits per heavy atom. The summed E-state index contributed by atoms with van der Waals surface area (Å²) < 4.78 is 39.7. The van der Waals surface area contributed by atoms with Crippen LogP contribution in [0.3, 0.4) is 0 Å². The van der Waals surface area contributed by atoms with Crippen molar-refractivity contribution in [3.8, 4) is 0 Å². The maximum Gasteiger partial charge on any atom is 0.373 e. The smallest absolute Gasteiger partial charge is 0.373 e. The number of hydrogen-bond donors (Lipinski definition) is 1. The molecule has 12 rings (SSSR count). The summed E-state index contributed by atoms with van der Waals surface area (Å²) in [6.07, 6.45) is 15.3. The third kappa shape index (κ3) is 12.0. The molecule has 0 amide bonds. The molecule has 12 aliphatic rings. The minimum Gasteiger partial charge on any atom is -0.469 e. The molecule has 536 valence electrons. The number of esters is 6. The van der Waals surface area contributed by atoms with Crippen molar-refractivity contribution in [1.29, 1.82) is 0 Å². The van der Waals surface area contributed by atoms with Gasteiger partial charge in [-0.15, -0.1) is 8.58 Å². The van der Waals surface area contributed by atoms with Gasteiger partial charge in [0.2, 0.25) is 0 Å². The van der Waals surface area contributed by atoms with Gasteiger partial charge in [0, 0.05) is 81.0 Å². The predicted octanol–water partition coefficient (Wildman–Crippen LogP) is 8.69. The SMILES string of the molecule is C=C1C[C@]2([C@@H](C(=O)OC)[C@H]3C(=O)C=C[C@H](C)C3(C)C)C[C@@]1(OC(C)=O)CCC2=O.C=C1C[C@]23C[C@@]1(OC(C)=O)CC[C@@]21O[C@]12C=C[C@H](C)C(C)(C)[C@H]2[C@@H]3C(=O)OC.C=C1C[C@]23C[C@@]1(OC(C)=O)CC[C@]2(O)C1=CC(=O)[C@H](C)C(C)(C)[C@H]1[C@@H]3C(=O)OC.CPC.O=C=O.O=C=O.O=C=O. The van der Waals surface area contributed by atoms with Gasteiger partial charge in [-0.05, 0) is 127 Å². The standard InChI is InChI=1S/2C23H30O6.C23H30O5.C2H7P.3CO2/c1-12-10-21-11-22(12,29-14(3)24)7-8-23(21,27)15-9-16(25)13(2)20(4,5)17(15)18(21)19(26)28-6;1-13-7-8-16(25)18(21(13,4)5)19(20(27)28-6)22-11-14(2)23(12-22,29-15(3)24)10-9-17(22)26;1-13-7-8-22-17(19(13,4)5)16(18(25)26-6)20-11-14(2)21(12-20,27-15(3)24)9-10-23(20,22)28-22;1-3-2;3*2-1-3/h9,13,17-18,27H,1,7-8,10-11H2,2-6H3;7-8,13,18-19H,2,9-12H2,1,3-6H3;7-8,13,16-17H,2,9-12H2,1,3-6H3;3H,1-2H3;;;/t13-,17+,18+,21+,22-,23-;13-,18+,19+,22-,23-;13-,16+,17+,20+,21-,22-,23+;;;;/m000..../s1. The number of aliphatic hydroxyl groups is 1. The molecule has 24 heteroatoms. The first-order valence-corrected chi connectivity index (χ1v) is 35.0. The number of Topliss-reactive ketones (excluding diaryl/α,β-unsaturated/α-hetero) is 1. The fourth-order valence-corrected chi connectivity index (χ4v) is 20.5. The maximum absolute atomic E-state index is 13.3. The Kier molecular flexibility index (Phi) is 22.8. The van der Waals surface area contributed by atoms with E-state index in [1.807, 2.05) is 47.6 Å². The van der Waals surface area contributed by atoms with E-state index in [0.717, 1.165) is 26.1 Å². The average molecular weight is 1390 g/mol. The van der Waals surface area contributed by atoms with E-state index in [1.165, 1.54) is 48.2 Å². The highest BCUT2D eigenvalue weighted by atomic mass is 31.1. The van der Waals surface area contributed by atoms with Crippen LogP contribution in [0.4, 0.5) is 0 Å². The van der Waals surface area contributed by atoms with Crippen LogP contribution in [0.2, 0.25) is 0 Å². The van der Waals surface area contributed by atoms with Gasteiger partial charge in [0.05, 0.1) is 50.1 Å². The second-order valence-corrected chi connectivity index (χ2v) is 31.7. The lowest BCUT2D eigenvalue weighted by atomic mass is 9.53. The molecule has 8 saturated carbocycles. The summed E-state index contributed by atoms with van der Waals surface area (Å²) in [4.78, 5) is 163. The number of fused-ring (bicyclic) bond motifs is 6. The average Bonchev–Trinajstić information content (AvgIpc) is 1.43. The molecule has 23 nitrogen and oxygen atoms in total. The molecule has 0 aromatic heterocycles. The molecule has 6 bridgehead atoms. The molecular formula is C74H97O23P. The Hall–Kier alpha value is -7.24. The Labute approximate surface area is 574 Å². The van der Waals surface area contributed by atoms with Crippen molar-refractivity contribution >= 4 is 80.2 Å². The van der Waals surface area contributed by atoms with E-state index in [-0.39, 0.29) is 114 Å². The highest BCUT2D eigenvalue weighted by Gasteiger charge is 2.94. The topological polar surface area (TPSA) is 344 Å². The van der Waals surface area contributed by atoms with Gasteiger partial charge in [-0.3, -0.25) is 43.2 Å². The number of allylic oxidation sites excluding steroid dienone is 4. The van der Waals surface area contributed by atoms with Crippen molar-refractivity contribution in [3.63, 3.8) is 0 Å². The van der Waals surface area contributed by atoms with E-state index >= 15 is 0 Å². The molecule has 0 aromatic carbocycles. The lowest BCUT2D eigenvalue weighted by Crippen LogP contribution is -2.55. The summed E-state index contributed by atoms with van der Waals surface area (Å²) in [6.45, 7) is 39.5. The monoisotopic (exact) mass is 1380 g/mol. The summed E-state index contributed by atoms with van der Waals surface area (Å²) in [6, 6.07) is 0. The van der Waals surface area contributed by atoms with E-state index in [4.69, 9.17) is 61.9 Å². The summed E-state index contributed by atoms with van der Waals surface area (Å²) in [5.41, 5.74) is -5.40. The number of carbonyl (C=O) groups excluding carboxylic acids is 15. The first-order valence-electron chi connectivity index (χ1n) is 33.0. The molecule has 0 unspecified atom stereocenters. The number of epoxide rings is 1. The van der Waals surface area contributed by atoms with E-state index in [9.17, 15) is 48.3 Å². The Balaban J connectivity index is 0.000000214. The Bertz CT molecular complexity index is 3510. The number of rotatable bonds is 8. The molecule has 1 heterocycles. The summed E-state index contributed by atoms with van der Waals surface area (Å²) >= 11 is 0. The zero-order chi connectivity index (χ0) is 74.5. The lowest BCUT2D eigenvalue weighted by molar-refractivity contribution is -0.193. The van der Waals surface area contributed by atoms with Crippen molar-refractivity contribution in [1.82, 2.24) is 0 Å². The molecule has 1 saturated heterocycles. The fraction of sp³-hybridized carbons (Fsp3) is 0.676.